The predicted octanol–water partition coefficient (Wildman–Crippen LogP) is 2.45. The van der Waals surface area contributed by atoms with Crippen molar-refractivity contribution in [1.82, 2.24) is 15.1 Å². The number of carbonyl (C=O) groups excluding carboxylic acids is 3. The van der Waals surface area contributed by atoms with Crippen LogP contribution >= 0.6 is 0 Å². The first-order valence-corrected chi connectivity index (χ1v) is 10.6. The minimum absolute atomic E-state index is 0.247. The van der Waals surface area contributed by atoms with E-state index in [9.17, 15) is 14.4 Å². The fourth-order valence-electron chi connectivity index (χ4n) is 4.63. The summed E-state index contributed by atoms with van der Waals surface area (Å²) in [7, 11) is 4.72. The van der Waals surface area contributed by atoms with Crippen molar-refractivity contribution in [2.24, 2.45) is 0 Å². The van der Waals surface area contributed by atoms with E-state index in [2.05, 4.69) is 5.32 Å². The van der Waals surface area contributed by atoms with Crippen LogP contribution in [0.3, 0.4) is 0 Å². The third-order valence-corrected chi connectivity index (χ3v) is 6.26. The maximum atomic E-state index is 13.4. The first-order valence-electron chi connectivity index (χ1n) is 10.6. The number of imide groups is 1. The van der Waals surface area contributed by atoms with Gasteiger partial charge in [-0.25, -0.2) is 4.79 Å². The number of ether oxygens (including phenoxy) is 2. The summed E-state index contributed by atoms with van der Waals surface area (Å²) in [6, 6.07) is 12.6. The van der Waals surface area contributed by atoms with E-state index < -0.39 is 11.6 Å². The predicted molar refractivity (Wildman–Crippen MR) is 117 cm³/mol. The molecule has 0 saturated carbocycles. The molecule has 1 aliphatic heterocycles. The van der Waals surface area contributed by atoms with Crippen molar-refractivity contribution in [2.75, 3.05) is 27.8 Å². The minimum atomic E-state index is -1.08. The molecular weight excluding hydrogens is 410 g/mol. The zero-order valence-corrected chi connectivity index (χ0v) is 18.5. The highest BCUT2D eigenvalue weighted by molar-refractivity contribution is 6.09. The van der Waals surface area contributed by atoms with Crippen LogP contribution < -0.4 is 14.8 Å². The lowest BCUT2D eigenvalue weighted by molar-refractivity contribution is -0.139. The van der Waals surface area contributed by atoms with Crippen LogP contribution in [-0.4, -0.2) is 55.5 Å². The Morgan fingerprint density at radius 3 is 2.66 bits per heavy atom. The topological polar surface area (TPSA) is 88.2 Å². The van der Waals surface area contributed by atoms with Gasteiger partial charge in [-0.15, -0.1) is 0 Å². The van der Waals surface area contributed by atoms with Crippen molar-refractivity contribution in [1.29, 1.82) is 0 Å². The SMILES string of the molecule is COc1cccc(CN(C)C(=O)CN2C(=O)NC3(CCCc4ccccc43)C2=O)c1OC. The number of fused-ring (bicyclic) bond motifs is 2. The Morgan fingerprint density at radius 1 is 1.12 bits per heavy atom. The lowest BCUT2D eigenvalue weighted by atomic mass is 9.76. The molecule has 1 saturated heterocycles. The molecule has 2 aliphatic rings. The van der Waals surface area contributed by atoms with Gasteiger partial charge in [-0.3, -0.25) is 14.5 Å². The molecule has 8 nitrogen and oxygen atoms in total. The fourth-order valence-corrected chi connectivity index (χ4v) is 4.63. The average Bonchev–Trinajstić information content (AvgIpc) is 3.03. The molecule has 1 heterocycles. The summed E-state index contributed by atoms with van der Waals surface area (Å²) in [5.74, 6) is 0.398. The van der Waals surface area contributed by atoms with Crippen LogP contribution in [0.1, 0.15) is 29.5 Å². The zero-order valence-electron chi connectivity index (χ0n) is 18.5. The molecule has 1 atom stereocenters. The Bertz CT molecular complexity index is 1070. The molecule has 1 spiro atoms. The van der Waals surface area contributed by atoms with Crippen LogP contribution in [-0.2, 0) is 28.1 Å². The normalized spacial score (nSPS) is 19.5. The molecule has 2 aromatic rings. The van der Waals surface area contributed by atoms with Gasteiger partial charge in [-0.1, -0.05) is 36.4 Å². The molecule has 1 fully saturated rings. The molecule has 1 N–H and O–H groups in total. The summed E-state index contributed by atoms with van der Waals surface area (Å²) in [5.41, 5.74) is 1.57. The van der Waals surface area contributed by atoms with Gasteiger partial charge in [-0.05, 0) is 36.5 Å². The van der Waals surface area contributed by atoms with Crippen molar-refractivity contribution < 1.29 is 23.9 Å². The van der Waals surface area contributed by atoms with Crippen molar-refractivity contribution in [3.05, 3.63) is 59.2 Å². The molecular formula is C24H27N3O5. The van der Waals surface area contributed by atoms with E-state index in [-0.39, 0.29) is 24.9 Å². The summed E-state index contributed by atoms with van der Waals surface area (Å²) in [6.07, 6.45) is 2.18. The van der Waals surface area contributed by atoms with Crippen molar-refractivity contribution >= 4 is 17.8 Å². The maximum Gasteiger partial charge on any atom is 0.325 e. The number of hydrogen-bond acceptors (Lipinski definition) is 5. The molecule has 1 unspecified atom stereocenters. The van der Waals surface area contributed by atoms with Crippen LogP contribution in [0.2, 0.25) is 0 Å². The van der Waals surface area contributed by atoms with Crippen LogP contribution in [0.4, 0.5) is 4.79 Å². The molecule has 8 heteroatoms. The van der Waals surface area contributed by atoms with E-state index >= 15 is 0 Å². The summed E-state index contributed by atoms with van der Waals surface area (Å²) in [4.78, 5) is 41.6. The van der Waals surface area contributed by atoms with Gasteiger partial charge in [0, 0.05) is 19.2 Å². The van der Waals surface area contributed by atoms with Crippen molar-refractivity contribution in [2.45, 2.75) is 31.3 Å². The number of amides is 4. The first kappa shape index (κ1) is 21.7. The van der Waals surface area contributed by atoms with Crippen LogP contribution in [0.5, 0.6) is 11.5 Å². The van der Waals surface area contributed by atoms with Gasteiger partial charge in [0.2, 0.25) is 5.91 Å². The Kier molecular flexibility index (Phi) is 5.78. The van der Waals surface area contributed by atoms with Crippen LogP contribution in [0.25, 0.3) is 0 Å². The Hall–Kier alpha value is -3.55. The number of methoxy groups -OCH3 is 2. The van der Waals surface area contributed by atoms with Gasteiger partial charge < -0.3 is 19.7 Å². The minimum Gasteiger partial charge on any atom is -0.493 e. The number of rotatable bonds is 6. The molecule has 0 radical (unpaired) electrons. The van der Waals surface area contributed by atoms with E-state index in [0.717, 1.165) is 34.4 Å². The number of carbonyl (C=O) groups is 3. The second-order valence-corrected chi connectivity index (χ2v) is 8.14. The largest absolute Gasteiger partial charge is 0.493 e. The third-order valence-electron chi connectivity index (χ3n) is 6.26. The third kappa shape index (κ3) is 3.55. The zero-order chi connectivity index (χ0) is 22.9. The smallest absolute Gasteiger partial charge is 0.325 e. The van der Waals surface area contributed by atoms with E-state index in [4.69, 9.17) is 9.47 Å². The Morgan fingerprint density at radius 2 is 1.91 bits per heavy atom. The molecule has 1 aliphatic carbocycles. The van der Waals surface area contributed by atoms with E-state index in [0.29, 0.717) is 17.9 Å². The number of likely N-dealkylation sites (N-methyl/N-ethyl adjacent to an activating group) is 1. The summed E-state index contributed by atoms with van der Waals surface area (Å²) in [6.45, 7) is -0.0752. The van der Waals surface area contributed by atoms with Gasteiger partial charge in [0.05, 0.1) is 14.2 Å². The lowest BCUT2D eigenvalue weighted by Crippen LogP contribution is -2.47. The standard InChI is InChI=1S/C24H27N3O5/c1-26(14-17-9-6-12-19(31-2)21(17)32-3)20(28)15-27-22(29)24(25-23(27)30)13-7-10-16-8-4-5-11-18(16)24/h4-6,8-9,11-12H,7,10,13-15H2,1-3H3,(H,25,30). The van der Waals surface area contributed by atoms with E-state index in [1.54, 1.807) is 20.2 Å². The number of urea groups is 1. The monoisotopic (exact) mass is 437 g/mol. The van der Waals surface area contributed by atoms with Crippen molar-refractivity contribution in [3.63, 3.8) is 0 Å². The highest BCUT2D eigenvalue weighted by Gasteiger charge is 2.54. The number of hydrogen-bond donors (Lipinski definition) is 1. The fraction of sp³-hybridized carbons (Fsp3) is 0.375. The highest BCUT2D eigenvalue weighted by Crippen LogP contribution is 2.40. The Labute approximate surface area is 187 Å². The lowest BCUT2D eigenvalue weighted by Gasteiger charge is -2.33. The molecule has 4 rings (SSSR count). The van der Waals surface area contributed by atoms with Gasteiger partial charge in [-0.2, -0.15) is 0 Å². The number of benzene rings is 2. The first-order chi connectivity index (χ1) is 15.4. The number of para-hydroxylation sites is 1. The summed E-state index contributed by atoms with van der Waals surface area (Å²) in [5, 5.41) is 2.88. The van der Waals surface area contributed by atoms with Crippen LogP contribution in [0.15, 0.2) is 42.5 Å². The second-order valence-electron chi connectivity index (χ2n) is 8.14. The molecule has 32 heavy (non-hydrogen) atoms. The van der Waals surface area contributed by atoms with E-state index in [1.807, 2.05) is 36.4 Å². The van der Waals surface area contributed by atoms with Crippen molar-refractivity contribution in [3.8, 4) is 11.5 Å². The number of nitrogens with one attached hydrogen (secondary N) is 1. The highest BCUT2D eigenvalue weighted by atomic mass is 16.5. The average molecular weight is 437 g/mol. The van der Waals surface area contributed by atoms with Gasteiger partial charge >= 0.3 is 6.03 Å². The van der Waals surface area contributed by atoms with Gasteiger partial charge in [0.15, 0.2) is 11.5 Å². The summed E-state index contributed by atoms with van der Waals surface area (Å²) >= 11 is 0. The second kappa shape index (κ2) is 8.53. The number of nitrogens with zero attached hydrogens (tertiary/aromatic N) is 2. The quantitative estimate of drug-likeness (QED) is 0.702. The maximum absolute atomic E-state index is 13.4. The molecule has 168 valence electrons. The van der Waals surface area contributed by atoms with Crippen LogP contribution in [0, 0.1) is 0 Å². The van der Waals surface area contributed by atoms with E-state index in [1.165, 1.54) is 12.0 Å². The van der Waals surface area contributed by atoms with Gasteiger partial charge in [0.25, 0.3) is 5.91 Å². The van der Waals surface area contributed by atoms with Gasteiger partial charge in [0.1, 0.15) is 12.1 Å². The molecule has 0 aromatic heterocycles. The number of aryl methyl sites for hydroxylation is 1. The molecule has 0 bridgehead atoms. The summed E-state index contributed by atoms with van der Waals surface area (Å²) < 4.78 is 10.7. The molecule has 4 amide bonds. The Balaban J connectivity index is 1.51. The molecule has 2 aromatic carbocycles.